The fraction of sp³-hybridized carbons (Fsp3) is 0.333. The van der Waals surface area contributed by atoms with Crippen LogP contribution >= 0.6 is 0 Å². The summed E-state index contributed by atoms with van der Waals surface area (Å²) < 4.78 is 0. The first-order valence-corrected chi connectivity index (χ1v) is 4.77. The molecular weight excluding hydrogens is 192 g/mol. The van der Waals surface area contributed by atoms with Crippen LogP contribution in [0.5, 0.6) is 0 Å². The summed E-state index contributed by atoms with van der Waals surface area (Å²) in [5.41, 5.74) is 2.27. The number of anilines is 2. The number of H-pyrrole nitrogens is 2. The Morgan fingerprint density at radius 2 is 2.00 bits per heavy atom. The van der Waals surface area contributed by atoms with E-state index < -0.39 is 0 Å². The zero-order valence-corrected chi connectivity index (χ0v) is 8.76. The Labute approximate surface area is 87.5 Å². The summed E-state index contributed by atoms with van der Waals surface area (Å²) in [6.45, 7) is 2.73. The van der Waals surface area contributed by atoms with Gasteiger partial charge in [0.25, 0.3) is 0 Å². The van der Waals surface area contributed by atoms with Crippen LogP contribution in [0, 0.1) is 6.92 Å². The lowest BCUT2D eigenvalue weighted by atomic mass is 10.4. The molecular formula is C9H14N6. The largest absolute Gasteiger partial charge is 0.361 e. The molecule has 0 spiro atoms. The van der Waals surface area contributed by atoms with Gasteiger partial charge in [-0.15, -0.1) is 10.2 Å². The van der Waals surface area contributed by atoms with Gasteiger partial charge in [-0.1, -0.05) is 0 Å². The van der Waals surface area contributed by atoms with Gasteiger partial charge in [0.2, 0.25) is 11.9 Å². The summed E-state index contributed by atoms with van der Waals surface area (Å²) in [4.78, 5) is 6.21. The van der Waals surface area contributed by atoms with Crippen LogP contribution in [0.3, 0.4) is 0 Å². The van der Waals surface area contributed by atoms with Crippen LogP contribution in [0.4, 0.5) is 11.9 Å². The molecule has 0 aromatic carbocycles. The van der Waals surface area contributed by atoms with Crippen LogP contribution in [0.2, 0.25) is 0 Å². The summed E-state index contributed by atoms with van der Waals surface area (Å²) in [5, 5.41) is 13.8. The Morgan fingerprint density at radius 3 is 2.60 bits per heavy atom. The van der Waals surface area contributed by atoms with Crippen LogP contribution < -0.4 is 10.6 Å². The maximum absolute atomic E-state index is 3.92. The molecule has 0 atom stereocenters. The molecule has 6 heteroatoms. The highest BCUT2D eigenvalue weighted by Crippen LogP contribution is 2.05. The molecule has 0 aliphatic heterocycles. The average Bonchev–Trinajstić information content (AvgIpc) is 2.83. The second kappa shape index (κ2) is 4.04. The topological polar surface area (TPSA) is 81.4 Å². The molecule has 0 aliphatic rings. The maximum atomic E-state index is 3.92. The van der Waals surface area contributed by atoms with Gasteiger partial charge < -0.3 is 15.6 Å². The first kappa shape index (κ1) is 9.57. The van der Waals surface area contributed by atoms with Crippen LogP contribution in [0.1, 0.15) is 11.4 Å². The summed E-state index contributed by atoms with van der Waals surface area (Å²) in [6, 6.07) is 4.08. The molecule has 0 fully saturated rings. The van der Waals surface area contributed by atoms with Crippen molar-refractivity contribution in [1.82, 2.24) is 20.2 Å². The lowest BCUT2D eigenvalue weighted by Crippen LogP contribution is -2.01. The predicted molar refractivity (Wildman–Crippen MR) is 58.8 cm³/mol. The van der Waals surface area contributed by atoms with E-state index in [2.05, 4.69) is 30.8 Å². The second-order valence-electron chi connectivity index (χ2n) is 3.29. The summed E-state index contributed by atoms with van der Waals surface area (Å²) in [7, 11) is 1.79. The van der Waals surface area contributed by atoms with E-state index in [1.165, 1.54) is 0 Å². The number of hydrogen-bond acceptors (Lipinski definition) is 4. The van der Waals surface area contributed by atoms with Crippen molar-refractivity contribution in [3.63, 3.8) is 0 Å². The number of aromatic nitrogens is 4. The van der Waals surface area contributed by atoms with E-state index >= 15 is 0 Å². The third kappa shape index (κ3) is 2.28. The Balaban J connectivity index is 1.93. The van der Waals surface area contributed by atoms with Gasteiger partial charge in [-0.25, -0.2) is 0 Å². The molecule has 6 nitrogen and oxygen atoms in total. The molecule has 15 heavy (non-hydrogen) atoms. The molecule has 0 amide bonds. The van der Waals surface area contributed by atoms with Crippen LogP contribution in [0.15, 0.2) is 12.1 Å². The van der Waals surface area contributed by atoms with Crippen LogP contribution in [-0.4, -0.2) is 27.2 Å². The molecule has 2 heterocycles. The van der Waals surface area contributed by atoms with Crippen molar-refractivity contribution in [2.24, 2.45) is 0 Å². The van der Waals surface area contributed by atoms with Gasteiger partial charge in [-0.2, -0.15) is 0 Å². The predicted octanol–water partition coefficient (Wildman–Crippen LogP) is 1.10. The summed E-state index contributed by atoms with van der Waals surface area (Å²) >= 11 is 0. The SMILES string of the molecule is CNc1nnc(NCc2ccc(C)[nH]2)[nH]1. The Bertz CT molecular complexity index is 429. The minimum absolute atomic E-state index is 0.653. The molecule has 0 radical (unpaired) electrons. The van der Waals surface area contributed by atoms with Crippen molar-refractivity contribution < 1.29 is 0 Å². The van der Waals surface area contributed by atoms with Gasteiger partial charge in [-0.05, 0) is 19.1 Å². The molecule has 80 valence electrons. The zero-order valence-electron chi connectivity index (χ0n) is 8.76. The van der Waals surface area contributed by atoms with Crippen molar-refractivity contribution >= 4 is 11.9 Å². The third-order valence-electron chi connectivity index (χ3n) is 2.06. The van der Waals surface area contributed by atoms with E-state index in [0.717, 1.165) is 11.4 Å². The average molecular weight is 206 g/mol. The standard InChI is InChI=1S/C9H14N6/c1-6-3-4-7(12-6)5-11-9-13-8(10-2)14-15-9/h3-4,12H,5H2,1-2H3,(H3,10,11,13,14,15). The summed E-state index contributed by atoms with van der Waals surface area (Å²) in [6.07, 6.45) is 0. The van der Waals surface area contributed by atoms with Crippen molar-refractivity contribution in [3.8, 4) is 0 Å². The number of rotatable bonds is 4. The van der Waals surface area contributed by atoms with E-state index in [1.807, 2.05) is 19.1 Å². The molecule has 2 aromatic rings. The fourth-order valence-electron chi connectivity index (χ4n) is 1.30. The van der Waals surface area contributed by atoms with Crippen molar-refractivity contribution in [2.75, 3.05) is 17.7 Å². The Kier molecular flexibility index (Phi) is 2.57. The van der Waals surface area contributed by atoms with E-state index in [-0.39, 0.29) is 0 Å². The first-order valence-electron chi connectivity index (χ1n) is 4.77. The first-order chi connectivity index (χ1) is 7.28. The smallest absolute Gasteiger partial charge is 0.223 e. The number of hydrogen-bond donors (Lipinski definition) is 4. The van der Waals surface area contributed by atoms with Crippen molar-refractivity contribution in [1.29, 1.82) is 0 Å². The third-order valence-corrected chi connectivity index (χ3v) is 2.06. The van der Waals surface area contributed by atoms with E-state index in [9.17, 15) is 0 Å². The second-order valence-corrected chi connectivity index (χ2v) is 3.29. The number of aromatic amines is 2. The van der Waals surface area contributed by atoms with E-state index in [0.29, 0.717) is 18.4 Å². The summed E-state index contributed by atoms with van der Waals surface area (Å²) in [5.74, 6) is 1.31. The quantitative estimate of drug-likeness (QED) is 0.603. The zero-order chi connectivity index (χ0) is 10.7. The van der Waals surface area contributed by atoms with Gasteiger partial charge in [0.05, 0.1) is 6.54 Å². The van der Waals surface area contributed by atoms with Gasteiger partial charge in [0, 0.05) is 18.4 Å². The highest BCUT2D eigenvalue weighted by atomic mass is 15.3. The van der Waals surface area contributed by atoms with Crippen LogP contribution in [-0.2, 0) is 6.54 Å². The number of aryl methyl sites for hydroxylation is 1. The van der Waals surface area contributed by atoms with Gasteiger partial charge in [0.1, 0.15) is 0 Å². The molecule has 2 rings (SSSR count). The molecule has 0 aliphatic carbocycles. The Morgan fingerprint density at radius 1 is 1.20 bits per heavy atom. The van der Waals surface area contributed by atoms with Crippen molar-refractivity contribution in [2.45, 2.75) is 13.5 Å². The molecule has 4 N–H and O–H groups in total. The maximum Gasteiger partial charge on any atom is 0.223 e. The highest BCUT2D eigenvalue weighted by Gasteiger charge is 2.00. The number of nitrogens with one attached hydrogen (secondary N) is 4. The lowest BCUT2D eigenvalue weighted by Gasteiger charge is -1.99. The lowest BCUT2D eigenvalue weighted by molar-refractivity contribution is 1.01. The van der Waals surface area contributed by atoms with E-state index in [4.69, 9.17) is 0 Å². The molecule has 0 saturated heterocycles. The monoisotopic (exact) mass is 206 g/mol. The van der Waals surface area contributed by atoms with Gasteiger partial charge >= 0.3 is 0 Å². The number of nitrogens with zero attached hydrogens (tertiary/aromatic N) is 2. The van der Waals surface area contributed by atoms with Crippen molar-refractivity contribution in [3.05, 3.63) is 23.5 Å². The highest BCUT2D eigenvalue weighted by molar-refractivity contribution is 5.33. The van der Waals surface area contributed by atoms with Gasteiger partial charge in [0.15, 0.2) is 0 Å². The van der Waals surface area contributed by atoms with E-state index in [1.54, 1.807) is 7.05 Å². The minimum Gasteiger partial charge on any atom is -0.361 e. The minimum atomic E-state index is 0.653. The normalized spacial score (nSPS) is 10.3. The van der Waals surface area contributed by atoms with Crippen LogP contribution in [0.25, 0.3) is 0 Å². The molecule has 0 saturated carbocycles. The van der Waals surface area contributed by atoms with Gasteiger partial charge in [-0.3, -0.25) is 4.98 Å². The Hall–Kier alpha value is -1.98. The molecule has 2 aromatic heterocycles. The molecule has 0 unspecified atom stereocenters. The fourth-order valence-corrected chi connectivity index (χ4v) is 1.30. The molecule has 0 bridgehead atoms.